The number of carbonyl (C=O) groups is 2. The molecule has 1 aromatic carbocycles. The highest BCUT2D eigenvalue weighted by Crippen LogP contribution is 2.20. The number of rotatable bonds is 3. The molecule has 108 valence electrons. The number of anilines is 2. The second-order valence-electron chi connectivity index (χ2n) is 4.59. The number of benzene rings is 1. The summed E-state index contributed by atoms with van der Waals surface area (Å²) >= 11 is 0. The highest BCUT2D eigenvalue weighted by atomic mass is 16.2. The molecule has 0 radical (unpaired) electrons. The van der Waals surface area contributed by atoms with E-state index < -0.39 is 5.91 Å². The topological polar surface area (TPSA) is 91.1 Å². The zero-order chi connectivity index (χ0) is 15.4. The van der Waals surface area contributed by atoms with Crippen LogP contribution < -0.4 is 16.1 Å². The smallest absolute Gasteiger partial charge is 0.261 e. The molecule has 0 bridgehead atoms. The first-order valence-electron chi connectivity index (χ1n) is 6.34. The average Bonchev–Trinajstić information content (AvgIpc) is 2.42. The summed E-state index contributed by atoms with van der Waals surface area (Å²) in [7, 11) is 0. The van der Waals surface area contributed by atoms with Crippen LogP contribution in [0.25, 0.3) is 0 Å². The van der Waals surface area contributed by atoms with Gasteiger partial charge in [0.25, 0.3) is 5.91 Å². The van der Waals surface area contributed by atoms with Gasteiger partial charge in [-0.05, 0) is 24.6 Å². The van der Waals surface area contributed by atoms with Crippen LogP contribution in [0.15, 0.2) is 41.5 Å². The van der Waals surface area contributed by atoms with Gasteiger partial charge in [-0.15, -0.1) is 0 Å². The monoisotopic (exact) mass is 285 g/mol. The highest BCUT2D eigenvalue weighted by molar-refractivity contribution is 6.04. The van der Waals surface area contributed by atoms with Crippen molar-refractivity contribution in [3.05, 3.63) is 58.0 Å². The van der Waals surface area contributed by atoms with Crippen LogP contribution in [0.3, 0.4) is 0 Å². The van der Waals surface area contributed by atoms with Crippen molar-refractivity contribution in [3.63, 3.8) is 0 Å². The van der Waals surface area contributed by atoms with E-state index in [1.807, 2.05) is 6.92 Å². The molecule has 0 fully saturated rings. The molecule has 21 heavy (non-hydrogen) atoms. The molecule has 0 aliphatic carbocycles. The van der Waals surface area contributed by atoms with Gasteiger partial charge in [0.2, 0.25) is 5.91 Å². The second kappa shape index (κ2) is 6.04. The summed E-state index contributed by atoms with van der Waals surface area (Å²) in [6.07, 6.45) is 2.81. The molecule has 0 unspecified atom stereocenters. The van der Waals surface area contributed by atoms with Gasteiger partial charge in [-0.2, -0.15) is 0 Å². The first-order chi connectivity index (χ1) is 9.97. The molecule has 1 heterocycles. The van der Waals surface area contributed by atoms with Gasteiger partial charge in [0.1, 0.15) is 5.56 Å². The van der Waals surface area contributed by atoms with Crippen molar-refractivity contribution < 1.29 is 9.59 Å². The lowest BCUT2D eigenvalue weighted by molar-refractivity contribution is -0.114. The number of amides is 2. The molecule has 6 nitrogen and oxygen atoms in total. The van der Waals surface area contributed by atoms with E-state index in [2.05, 4.69) is 15.6 Å². The summed E-state index contributed by atoms with van der Waals surface area (Å²) in [4.78, 5) is 37.5. The molecule has 2 amide bonds. The van der Waals surface area contributed by atoms with Crippen molar-refractivity contribution >= 4 is 23.2 Å². The van der Waals surface area contributed by atoms with E-state index in [0.717, 1.165) is 5.56 Å². The number of nitrogens with one attached hydrogen (secondary N) is 3. The number of aromatic nitrogens is 1. The number of aryl methyl sites for hydroxylation is 1. The first kappa shape index (κ1) is 14.5. The Hall–Kier alpha value is -2.89. The van der Waals surface area contributed by atoms with Gasteiger partial charge >= 0.3 is 0 Å². The maximum atomic E-state index is 12.1. The third-order valence-corrected chi connectivity index (χ3v) is 2.87. The SMILES string of the molecule is CC(=O)Nc1ccc(C)c(NC(=O)c2c[nH]ccc2=O)c1. The average molecular weight is 285 g/mol. The molecule has 3 N–H and O–H groups in total. The van der Waals surface area contributed by atoms with Crippen molar-refractivity contribution in [1.82, 2.24) is 4.98 Å². The summed E-state index contributed by atoms with van der Waals surface area (Å²) in [5.41, 5.74) is 1.61. The van der Waals surface area contributed by atoms with Crippen LogP contribution in [0.4, 0.5) is 11.4 Å². The minimum atomic E-state index is -0.500. The Kier molecular flexibility index (Phi) is 4.18. The minimum absolute atomic E-state index is 0.0295. The minimum Gasteiger partial charge on any atom is -0.367 e. The summed E-state index contributed by atoms with van der Waals surface area (Å²) in [5, 5.41) is 5.31. The Bertz CT molecular complexity index is 750. The third-order valence-electron chi connectivity index (χ3n) is 2.87. The van der Waals surface area contributed by atoms with Gasteiger partial charge in [-0.1, -0.05) is 6.07 Å². The molecule has 0 aliphatic rings. The molecule has 2 aromatic rings. The fourth-order valence-corrected chi connectivity index (χ4v) is 1.82. The summed E-state index contributed by atoms with van der Waals surface area (Å²) in [5.74, 6) is -0.699. The fraction of sp³-hybridized carbons (Fsp3) is 0.133. The Morgan fingerprint density at radius 2 is 1.90 bits per heavy atom. The van der Waals surface area contributed by atoms with Gasteiger partial charge in [-0.3, -0.25) is 14.4 Å². The first-order valence-corrected chi connectivity index (χ1v) is 6.34. The Morgan fingerprint density at radius 3 is 2.57 bits per heavy atom. The van der Waals surface area contributed by atoms with Crippen LogP contribution in [0.5, 0.6) is 0 Å². The highest BCUT2D eigenvalue weighted by Gasteiger charge is 2.11. The largest absolute Gasteiger partial charge is 0.367 e. The van der Waals surface area contributed by atoms with E-state index in [1.54, 1.807) is 18.2 Å². The van der Waals surface area contributed by atoms with Gasteiger partial charge in [-0.25, -0.2) is 0 Å². The van der Waals surface area contributed by atoms with E-state index >= 15 is 0 Å². The van der Waals surface area contributed by atoms with Crippen molar-refractivity contribution in [1.29, 1.82) is 0 Å². The van der Waals surface area contributed by atoms with Crippen molar-refractivity contribution in [2.75, 3.05) is 10.6 Å². The lowest BCUT2D eigenvalue weighted by Gasteiger charge is -2.10. The van der Waals surface area contributed by atoms with E-state index in [4.69, 9.17) is 0 Å². The Balaban J connectivity index is 2.27. The summed E-state index contributed by atoms with van der Waals surface area (Å²) in [6, 6.07) is 6.44. The number of hydrogen-bond acceptors (Lipinski definition) is 3. The van der Waals surface area contributed by atoms with E-state index in [1.165, 1.54) is 25.4 Å². The molecule has 2 rings (SSSR count). The molecular weight excluding hydrogens is 270 g/mol. The number of H-pyrrole nitrogens is 1. The molecule has 0 saturated heterocycles. The van der Waals surface area contributed by atoms with Crippen molar-refractivity contribution in [2.24, 2.45) is 0 Å². The third kappa shape index (κ3) is 3.56. The van der Waals surface area contributed by atoms with Gasteiger partial charge in [0.05, 0.1) is 0 Å². The number of aromatic amines is 1. The number of carbonyl (C=O) groups excluding carboxylic acids is 2. The maximum Gasteiger partial charge on any atom is 0.261 e. The predicted octanol–water partition coefficient (Wildman–Crippen LogP) is 1.89. The molecular formula is C15H15N3O3. The zero-order valence-corrected chi connectivity index (χ0v) is 11.7. The fourth-order valence-electron chi connectivity index (χ4n) is 1.82. The number of pyridine rings is 1. The van der Waals surface area contributed by atoms with Gasteiger partial charge < -0.3 is 15.6 Å². The lowest BCUT2D eigenvalue weighted by atomic mass is 10.1. The van der Waals surface area contributed by atoms with E-state index in [0.29, 0.717) is 11.4 Å². The Morgan fingerprint density at radius 1 is 1.14 bits per heavy atom. The molecule has 0 aliphatic heterocycles. The van der Waals surface area contributed by atoms with Crippen LogP contribution in [0.1, 0.15) is 22.8 Å². The van der Waals surface area contributed by atoms with Gasteiger partial charge in [0.15, 0.2) is 5.43 Å². The molecule has 0 atom stereocenters. The van der Waals surface area contributed by atoms with Crippen LogP contribution in [0.2, 0.25) is 0 Å². The standard InChI is InChI=1S/C15H15N3O3/c1-9-3-4-11(17-10(2)19)7-13(9)18-15(21)12-8-16-6-5-14(12)20/h3-8H,1-2H3,(H,16,20)(H,17,19)(H,18,21). The van der Waals surface area contributed by atoms with E-state index in [9.17, 15) is 14.4 Å². The molecule has 0 saturated carbocycles. The molecule has 0 spiro atoms. The summed E-state index contributed by atoms with van der Waals surface area (Å²) < 4.78 is 0. The summed E-state index contributed by atoms with van der Waals surface area (Å²) in [6.45, 7) is 3.23. The maximum absolute atomic E-state index is 12.1. The number of hydrogen-bond donors (Lipinski definition) is 3. The normalized spacial score (nSPS) is 10.0. The lowest BCUT2D eigenvalue weighted by Crippen LogP contribution is -2.21. The van der Waals surface area contributed by atoms with Crippen LogP contribution in [-0.4, -0.2) is 16.8 Å². The predicted molar refractivity (Wildman–Crippen MR) is 80.5 cm³/mol. The zero-order valence-electron chi connectivity index (χ0n) is 11.7. The second-order valence-corrected chi connectivity index (χ2v) is 4.59. The van der Waals surface area contributed by atoms with Crippen LogP contribution in [0, 0.1) is 6.92 Å². The Labute approximate surface area is 121 Å². The van der Waals surface area contributed by atoms with Crippen LogP contribution in [-0.2, 0) is 4.79 Å². The van der Waals surface area contributed by atoms with Crippen LogP contribution >= 0.6 is 0 Å². The molecule has 1 aromatic heterocycles. The quantitative estimate of drug-likeness (QED) is 0.804. The molecule has 6 heteroatoms. The van der Waals surface area contributed by atoms with Crippen molar-refractivity contribution in [3.8, 4) is 0 Å². The van der Waals surface area contributed by atoms with Crippen molar-refractivity contribution in [2.45, 2.75) is 13.8 Å². The van der Waals surface area contributed by atoms with Gasteiger partial charge in [0, 0.05) is 36.8 Å². The van der Waals surface area contributed by atoms with E-state index in [-0.39, 0.29) is 16.9 Å².